The molecule has 1 amide bonds. The van der Waals surface area contributed by atoms with E-state index in [0.29, 0.717) is 13.0 Å². The number of aliphatic hydroxyl groups excluding tert-OH is 1. The molecule has 0 aliphatic carbocycles. The first-order valence-corrected chi connectivity index (χ1v) is 8.23. The maximum Gasteiger partial charge on any atom is 0.222 e. The Morgan fingerprint density at radius 3 is 2.81 bits per heavy atom. The third kappa shape index (κ3) is 4.07. The van der Waals surface area contributed by atoms with Crippen molar-refractivity contribution in [1.29, 1.82) is 0 Å². The highest BCUT2D eigenvalue weighted by atomic mass is 16.3. The van der Waals surface area contributed by atoms with Gasteiger partial charge in [0.15, 0.2) is 0 Å². The predicted molar refractivity (Wildman–Crippen MR) is 85.0 cm³/mol. The van der Waals surface area contributed by atoms with Gasteiger partial charge in [-0.3, -0.25) is 4.79 Å². The summed E-state index contributed by atoms with van der Waals surface area (Å²) >= 11 is 0. The summed E-state index contributed by atoms with van der Waals surface area (Å²) in [5.74, 6) is 0.266. The monoisotopic (exact) mass is 289 g/mol. The molecule has 2 rings (SSSR count). The maximum absolute atomic E-state index is 12.2. The zero-order valence-electron chi connectivity index (χ0n) is 13.3. The molecule has 1 aliphatic rings. The van der Waals surface area contributed by atoms with Gasteiger partial charge in [0.25, 0.3) is 0 Å². The molecule has 3 heteroatoms. The zero-order valence-corrected chi connectivity index (χ0v) is 13.3. The normalized spacial score (nSPS) is 15.7. The van der Waals surface area contributed by atoms with E-state index in [1.165, 1.54) is 11.1 Å². The third-order valence-electron chi connectivity index (χ3n) is 4.29. The van der Waals surface area contributed by atoms with E-state index in [1.807, 2.05) is 11.0 Å². The van der Waals surface area contributed by atoms with Crippen molar-refractivity contribution in [3.05, 3.63) is 34.9 Å². The Kier molecular flexibility index (Phi) is 5.80. The van der Waals surface area contributed by atoms with Crippen molar-refractivity contribution in [2.75, 3.05) is 6.54 Å². The topological polar surface area (TPSA) is 40.5 Å². The second kappa shape index (κ2) is 7.60. The van der Waals surface area contributed by atoms with Crippen LogP contribution < -0.4 is 0 Å². The SMILES string of the molecule is CCCCC(=O)N1CCc2ccc(C(O)CCC)cc2C1. The van der Waals surface area contributed by atoms with Crippen LogP contribution >= 0.6 is 0 Å². The van der Waals surface area contributed by atoms with E-state index in [2.05, 4.69) is 26.0 Å². The average Bonchev–Trinajstić information content (AvgIpc) is 2.51. The Bertz CT molecular complexity index is 484. The fourth-order valence-corrected chi connectivity index (χ4v) is 2.92. The van der Waals surface area contributed by atoms with Crippen LogP contribution in [0.15, 0.2) is 18.2 Å². The fourth-order valence-electron chi connectivity index (χ4n) is 2.92. The first-order chi connectivity index (χ1) is 10.2. The molecule has 1 aromatic carbocycles. The van der Waals surface area contributed by atoms with E-state index in [-0.39, 0.29) is 12.0 Å². The van der Waals surface area contributed by atoms with Gasteiger partial charge in [-0.2, -0.15) is 0 Å². The summed E-state index contributed by atoms with van der Waals surface area (Å²) in [6.45, 7) is 5.72. The Balaban J connectivity index is 2.07. The molecular formula is C18H27NO2. The Labute approximate surface area is 128 Å². The Morgan fingerprint density at radius 2 is 2.10 bits per heavy atom. The highest BCUT2D eigenvalue weighted by Crippen LogP contribution is 2.25. The van der Waals surface area contributed by atoms with Gasteiger partial charge in [-0.25, -0.2) is 0 Å². The van der Waals surface area contributed by atoms with Crippen molar-refractivity contribution >= 4 is 5.91 Å². The van der Waals surface area contributed by atoms with Crippen molar-refractivity contribution in [3.8, 4) is 0 Å². The molecule has 1 heterocycles. The van der Waals surface area contributed by atoms with Gasteiger partial charge in [0, 0.05) is 19.5 Å². The third-order valence-corrected chi connectivity index (χ3v) is 4.29. The summed E-state index contributed by atoms with van der Waals surface area (Å²) in [6.07, 6.45) is 4.99. The molecule has 0 radical (unpaired) electrons. The number of unbranched alkanes of at least 4 members (excludes halogenated alkanes) is 1. The minimum absolute atomic E-state index is 0.266. The van der Waals surface area contributed by atoms with Gasteiger partial charge in [0.2, 0.25) is 5.91 Å². The summed E-state index contributed by atoms with van der Waals surface area (Å²) < 4.78 is 0. The molecule has 116 valence electrons. The van der Waals surface area contributed by atoms with Gasteiger partial charge in [0.05, 0.1) is 6.10 Å². The molecule has 0 saturated heterocycles. The first kappa shape index (κ1) is 16.0. The molecule has 21 heavy (non-hydrogen) atoms. The van der Waals surface area contributed by atoms with Crippen LogP contribution in [0.4, 0.5) is 0 Å². The summed E-state index contributed by atoms with van der Waals surface area (Å²) in [4.78, 5) is 14.1. The van der Waals surface area contributed by atoms with Crippen LogP contribution in [0.5, 0.6) is 0 Å². The van der Waals surface area contributed by atoms with Crippen LogP contribution in [0.2, 0.25) is 0 Å². The quantitative estimate of drug-likeness (QED) is 0.869. The molecule has 3 nitrogen and oxygen atoms in total. The fraction of sp³-hybridized carbons (Fsp3) is 0.611. The van der Waals surface area contributed by atoms with E-state index in [1.54, 1.807) is 0 Å². The number of carbonyl (C=O) groups is 1. The van der Waals surface area contributed by atoms with Crippen molar-refractivity contribution in [2.24, 2.45) is 0 Å². The molecule has 0 bridgehead atoms. The zero-order chi connectivity index (χ0) is 15.2. The number of hydrogen-bond acceptors (Lipinski definition) is 2. The maximum atomic E-state index is 12.2. The number of aliphatic hydroxyl groups is 1. The van der Waals surface area contributed by atoms with E-state index in [9.17, 15) is 9.90 Å². The standard InChI is InChI=1S/C18H27NO2/c1-3-5-7-18(21)19-11-10-14-8-9-15(12-16(14)13-19)17(20)6-4-2/h8-9,12,17,20H,3-7,10-11,13H2,1-2H3. The largest absolute Gasteiger partial charge is 0.388 e. The van der Waals surface area contributed by atoms with Crippen LogP contribution in [0, 0.1) is 0 Å². The lowest BCUT2D eigenvalue weighted by Crippen LogP contribution is -2.35. The number of fused-ring (bicyclic) bond motifs is 1. The van der Waals surface area contributed by atoms with E-state index >= 15 is 0 Å². The predicted octanol–water partition coefficient (Wildman–Crippen LogP) is 3.60. The van der Waals surface area contributed by atoms with Gasteiger partial charge < -0.3 is 10.0 Å². The Hall–Kier alpha value is -1.35. The molecule has 0 spiro atoms. The van der Waals surface area contributed by atoms with E-state index < -0.39 is 0 Å². The van der Waals surface area contributed by atoms with E-state index in [0.717, 1.165) is 44.2 Å². The summed E-state index contributed by atoms with van der Waals surface area (Å²) in [6, 6.07) is 6.25. The molecule has 0 fully saturated rings. The summed E-state index contributed by atoms with van der Waals surface area (Å²) in [5, 5.41) is 10.1. The van der Waals surface area contributed by atoms with Gasteiger partial charge in [0.1, 0.15) is 0 Å². The van der Waals surface area contributed by atoms with Gasteiger partial charge in [-0.05, 0) is 36.0 Å². The number of hydrogen-bond donors (Lipinski definition) is 1. The van der Waals surface area contributed by atoms with Crippen LogP contribution in [0.25, 0.3) is 0 Å². The lowest BCUT2D eigenvalue weighted by Gasteiger charge is -2.29. The highest BCUT2D eigenvalue weighted by molar-refractivity contribution is 5.76. The molecule has 0 saturated carbocycles. The van der Waals surface area contributed by atoms with Crippen LogP contribution in [-0.4, -0.2) is 22.5 Å². The molecule has 1 N–H and O–H groups in total. The average molecular weight is 289 g/mol. The Morgan fingerprint density at radius 1 is 1.29 bits per heavy atom. The number of rotatable bonds is 6. The summed E-state index contributed by atoms with van der Waals surface area (Å²) in [5.41, 5.74) is 3.51. The molecule has 1 atom stereocenters. The smallest absolute Gasteiger partial charge is 0.222 e. The van der Waals surface area contributed by atoms with Crippen LogP contribution in [0.3, 0.4) is 0 Å². The number of nitrogens with zero attached hydrogens (tertiary/aromatic N) is 1. The first-order valence-electron chi connectivity index (χ1n) is 8.23. The van der Waals surface area contributed by atoms with Crippen molar-refractivity contribution in [3.63, 3.8) is 0 Å². The van der Waals surface area contributed by atoms with Crippen LogP contribution in [-0.2, 0) is 17.8 Å². The number of carbonyl (C=O) groups excluding carboxylic acids is 1. The summed E-state index contributed by atoms with van der Waals surface area (Å²) in [7, 11) is 0. The minimum atomic E-state index is -0.383. The minimum Gasteiger partial charge on any atom is -0.388 e. The molecule has 1 aliphatic heterocycles. The molecular weight excluding hydrogens is 262 g/mol. The lowest BCUT2D eigenvalue weighted by atomic mass is 9.94. The second-order valence-corrected chi connectivity index (χ2v) is 6.00. The molecule has 0 aromatic heterocycles. The van der Waals surface area contributed by atoms with Gasteiger partial charge >= 0.3 is 0 Å². The highest BCUT2D eigenvalue weighted by Gasteiger charge is 2.21. The van der Waals surface area contributed by atoms with Crippen molar-refractivity contribution < 1.29 is 9.90 Å². The van der Waals surface area contributed by atoms with Gasteiger partial charge in [-0.15, -0.1) is 0 Å². The lowest BCUT2D eigenvalue weighted by molar-refractivity contribution is -0.132. The van der Waals surface area contributed by atoms with E-state index in [4.69, 9.17) is 0 Å². The number of amides is 1. The second-order valence-electron chi connectivity index (χ2n) is 6.00. The number of benzene rings is 1. The van der Waals surface area contributed by atoms with Gasteiger partial charge in [-0.1, -0.05) is 44.9 Å². The van der Waals surface area contributed by atoms with Crippen molar-refractivity contribution in [2.45, 2.75) is 65.0 Å². The van der Waals surface area contributed by atoms with Crippen LogP contribution in [0.1, 0.15) is 68.7 Å². The molecule has 1 aromatic rings. The van der Waals surface area contributed by atoms with Crippen molar-refractivity contribution in [1.82, 2.24) is 4.90 Å². The molecule has 1 unspecified atom stereocenters.